The summed E-state index contributed by atoms with van der Waals surface area (Å²) < 4.78 is 5.52. The molecular formula is C16H26N2O2. The van der Waals surface area contributed by atoms with Gasteiger partial charge in [0.1, 0.15) is 5.75 Å². The van der Waals surface area contributed by atoms with Crippen LogP contribution in [0.1, 0.15) is 39.3 Å². The zero-order valence-corrected chi connectivity index (χ0v) is 13.1. The van der Waals surface area contributed by atoms with Gasteiger partial charge in [-0.3, -0.25) is 4.79 Å². The van der Waals surface area contributed by atoms with Gasteiger partial charge in [-0.25, -0.2) is 0 Å². The van der Waals surface area contributed by atoms with Crippen molar-refractivity contribution < 1.29 is 9.53 Å². The number of amides is 1. The monoisotopic (exact) mass is 278 g/mol. The molecule has 0 aliphatic heterocycles. The van der Waals surface area contributed by atoms with Crippen molar-refractivity contribution in [2.45, 2.75) is 39.8 Å². The summed E-state index contributed by atoms with van der Waals surface area (Å²) >= 11 is 0. The summed E-state index contributed by atoms with van der Waals surface area (Å²) in [6, 6.07) is 8.38. The van der Waals surface area contributed by atoms with E-state index in [9.17, 15) is 4.79 Å². The molecule has 0 aliphatic carbocycles. The highest BCUT2D eigenvalue weighted by Crippen LogP contribution is 2.17. The van der Waals surface area contributed by atoms with E-state index in [4.69, 9.17) is 4.74 Å². The second kappa shape index (κ2) is 7.90. The number of hydrogen-bond acceptors (Lipinski definition) is 3. The molecule has 0 radical (unpaired) electrons. The maximum atomic E-state index is 11.8. The summed E-state index contributed by atoms with van der Waals surface area (Å²) in [6.45, 7) is 9.20. The van der Waals surface area contributed by atoms with Crippen LogP contribution in [0.2, 0.25) is 0 Å². The molecule has 1 unspecified atom stereocenters. The van der Waals surface area contributed by atoms with Crippen LogP contribution in [0.3, 0.4) is 0 Å². The van der Waals surface area contributed by atoms with E-state index < -0.39 is 0 Å². The first-order chi connectivity index (χ1) is 9.45. The number of ether oxygens (including phenoxy) is 1. The minimum atomic E-state index is -0.00917. The molecule has 0 fully saturated rings. The van der Waals surface area contributed by atoms with Gasteiger partial charge in [-0.15, -0.1) is 0 Å². The van der Waals surface area contributed by atoms with E-state index in [1.807, 2.05) is 38.1 Å². The summed E-state index contributed by atoms with van der Waals surface area (Å²) in [6.07, 6.45) is 0. The van der Waals surface area contributed by atoms with Crippen molar-refractivity contribution in [2.75, 3.05) is 20.2 Å². The normalized spacial score (nSPS) is 12.3. The molecule has 1 N–H and O–H groups in total. The van der Waals surface area contributed by atoms with E-state index in [2.05, 4.69) is 19.2 Å². The molecule has 20 heavy (non-hydrogen) atoms. The van der Waals surface area contributed by atoms with Crippen LogP contribution < -0.4 is 10.1 Å². The van der Waals surface area contributed by atoms with Crippen molar-refractivity contribution in [1.29, 1.82) is 0 Å². The number of nitrogens with one attached hydrogen (secondary N) is 1. The lowest BCUT2D eigenvalue weighted by Crippen LogP contribution is -2.36. The molecule has 4 nitrogen and oxygen atoms in total. The van der Waals surface area contributed by atoms with Crippen LogP contribution in [0.25, 0.3) is 0 Å². The number of benzene rings is 1. The molecule has 1 aromatic rings. The predicted octanol–water partition coefficient (Wildman–Crippen LogP) is 2.60. The summed E-state index contributed by atoms with van der Waals surface area (Å²) in [5, 5.41) is 3.36. The van der Waals surface area contributed by atoms with E-state index in [0.29, 0.717) is 6.04 Å². The first-order valence-corrected chi connectivity index (χ1v) is 7.17. The Morgan fingerprint density at radius 1 is 1.25 bits per heavy atom. The molecule has 1 amide bonds. The van der Waals surface area contributed by atoms with E-state index in [1.165, 1.54) is 5.56 Å². The predicted molar refractivity (Wildman–Crippen MR) is 81.9 cm³/mol. The minimum Gasteiger partial charge on any atom is -0.484 e. The van der Waals surface area contributed by atoms with Crippen LogP contribution >= 0.6 is 0 Å². The second-order valence-electron chi connectivity index (χ2n) is 5.24. The fourth-order valence-corrected chi connectivity index (χ4v) is 1.81. The van der Waals surface area contributed by atoms with E-state index in [-0.39, 0.29) is 18.6 Å². The van der Waals surface area contributed by atoms with Gasteiger partial charge in [-0.2, -0.15) is 0 Å². The highest BCUT2D eigenvalue weighted by atomic mass is 16.5. The van der Waals surface area contributed by atoms with Crippen molar-refractivity contribution in [2.24, 2.45) is 0 Å². The lowest BCUT2D eigenvalue weighted by molar-refractivity contribution is -0.133. The van der Waals surface area contributed by atoms with Gasteiger partial charge in [0.15, 0.2) is 6.61 Å². The van der Waals surface area contributed by atoms with Crippen molar-refractivity contribution in [3.05, 3.63) is 29.8 Å². The molecule has 1 rings (SSSR count). The van der Waals surface area contributed by atoms with Gasteiger partial charge in [0.05, 0.1) is 0 Å². The standard InChI is InChI=1S/C16H26N2O2/c1-6-17-13(4)14-7-9-15(10-8-14)20-11-16(19)18(5)12(2)3/h7-10,12-13,17H,6,11H2,1-5H3. The SMILES string of the molecule is CCNC(C)c1ccc(OCC(=O)N(C)C(C)C)cc1. The summed E-state index contributed by atoms with van der Waals surface area (Å²) in [5.74, 6) is 0.716. The second-order valence-corrected chi connectivity index (χ2v) is 5.24. The van der Waals surface area contributed by atoms with Gasteiger partial charge >= 0.3 is 0 Å². The van der Waals surface area contributed by atoms with Crippen LogP contribution in [0.4, 0.5) is 0 Å². The van der Waals surface area contributed by atoms with Crippen LogP contribution in [0.15, 0.2) is 24.3 Å². The highest BCUT2D eigenvalue weighted by molar-refractivity contribution is 5.77. The van der Waals surface area contributed by atoms with Gasteiger partial charge in [-0.05, 0) is 45.0 Å². The van der Waals surface area contributed by atoms with Crippen molar-refractivity contribution in [3.63, 3.8) is 0 Å². The Bertz CT molecular complexity index is 415. The van der Waals surface area contributed by atoms with Gasteiger partial charge < -0.3 is 15.0 Å². The summed E-state index contributed by atoms with van der Waals surface area (Å²) in [4.78, 5) is 13.5. The maximum absolute atomic E-state index is 11.8. The molecule has 0 heterocycles. The molecule has 0 saturated heterocycles. The fourth-order valence-electron chi connectivity index (χ4n) is 1.81. The summed E-state index contributed by atoms with van der Waals surface area (Å²) in [5.41, 5.74) is 1.21. The Kier molecular flexibility index (Phi) is 6.52. The topological polar surface area (TPSA) is 41.6 Å². The molecule has 0 spiro atoms. The first-order valence-electron chi connectivity index (χ1n) is 7.17. The number of rotatable bonds is 7. The number of carbonyl (C=O) groups is 1. The van der Waals surface area contributed by atoms with Crippen LogP contribution in [-0.2, 0) is 4.79 Å². The van der Waals surface area contributed by atoms with Crippen molar-refractivity contribution >= 4 is 5.91 Å². The quantitative estimate of drug-likeness (QED) is 0.833. The van der Waals surface area contributed by atoms with Crippen LogP contribution in [-0.4, -0.2) is 37.0 Å². The molecular weight excluding hydrogens is 252 g/mol. The van der Waals surface area contributed by atoms with E-state index in [1.54, 1.807) is 11.9 Å². The smallest absolute Gasteiger partial charge is 0.260 e. The third-order valence-corrected chi connectivity index (χ3v) is 3.42. The van der Waals surface area contributed by atoms with Crippen molar-refractivity contribution in [3.8, 4) is 5.75 Å². The molecule has 4 heteroatoms. The molecule has 112 valence electrons. The molecule has 0 aromatic heterocycles. The number of hydrogen-bond donors (Lipinski definition) is 1. The van der Waals surface area contributed by atoms with Gasteiger partial charge in [0.25, 0.3) is 5.91 Å². The highest BCUT2D eigenvalue weighted by Gasteiger charge is 2.12. The van der Waals surface area contributed by atoms with E-state index in [0.717, 1.165) is 12.3 Å². The third kappa shape index (κ3) is 4.85. The average molecular weight is 278 g/mol. The average Bonchev–Trinajstić information content (AvgIpc) is 2.44. The van der Waals surface area contributed by atoms with Gasteiger partial charge in [0.2, 0.25) is 0 Å². The maximum Gasteiger partial charge on any atom is 0.260 e. The Morgan fingerprint density at radius 3 is 2.35 bits per heavy atom. The Labute approximate surface area is 122 Å². The fraction of sp³-hybridized carbons (Fsp3) is 0.562. The molecule has 1 atom stereocenters. The van der Waals surface area contributed by atoms with Gasteiger partial charge in [-0.1, -0.05) is 19.1 Å². The zero-order chi connectivity index (χ0) is 15.1. The minimum absolute atomic E-state index is 0.00917. The van der Waals surface area contributed by atoms with Gasteiger partial charge in [0, 0.05) is 19.1 Å². The largest absolute Gasteiger partial charge is 0.484 e. The number of carbonyl (C=O) groups excluding carboxylic acids is 1. The zero-order valence-electron chi connectivity index (χ0n) is 13.1. The van der Waals surface area contributed by atoms with Crippen molar-refractivity contribution in [1.82, 2.24) is 10.2 Å². The van der Waals surface area contributed by atoms with Crippen LogP contribution in [0, 0.1) is 0 Å². The third-order valence-electron chi connectivity index (χ3n) is 3.42. The summed E-state index contributed by atoms with van der Waals surface area (Å²) in [7, 11) is 1.79. The van der Waals surface area contributed by atoms with Crippen LogP contribution in [0.5, 0.6) is 5.75 Å². The lowest BCUT2D eigenvalue weighted by atomic mass is 10.1. The molecule has 0 aliphatic rings. The molecule has 0 saturated carbocycles. The first kappa shape index (κ1) is 16.5. The number of likely N-dealkylation sites (N-methyl/N-ethyl adjacent to an activating group) is 1. The Balaban J connectivity index is 2.52. The Hall–Kier alpha value is -1.55. The van der Waals surface area contributed by atoms with E-state index >= 15 is 0 Å². The molecule has 0 bridgehead atoms. The lowest BCUT2D eigenvalue weighted by Gasteiger charge is -2.21. The number of nitrogens with zero attached hydrogens (tertiary/aromatic N) is 1. The Morgan fingerprint density at radius 2 is 1.85 bits per heavy atom. The molecule has 1 aromatic carbocycles.